The van der Waals surface area contributed by atoms with Gasteiger partial charge < -0.3 is 24.2 Å². The standard InChI is InChI=1S/C25H26N2O5/c1-14(9-16-13-26-20-8-6-5-7-17(16)20)27-24(28)11-19-15(2)18-10-22(30-3)23(31-4)12-21(18)32-25(19)29/h5-8,10,12-14,26H,9,11H2,1-4H3,(H,27,28)/t14-/m0/s1. The minimum atomic E-state index is -0.526. The molecule has 1 atom stereocenters. The molecular formula is C25H26N2O5. The van der Waals surface area contributed by atoms with Gasteiger partial charge in [0.2, 0.25) is 5.91 Å². The van der Waals surface area contributed by atoms with E-state index in [1.54, 1.807) is 19.2 Å². The molecule has 0 fully saturated rings. The van der Waals surface area contributed by atoms with Crippen LogP contribution in [0.5, 0.6) is 11.5 Å². The highest BCUT2D eigenvalue weighted by Gasteiger charge is 2.19. The molecule has 0 aliphatic carbocycles. The Morgan fingerprint density at radius 2 is 1.84 bits per heavy atom. The van der Waals surface area contributed by atoms with E-state index in [0.717, 1.165) is 16.5 Å². The van der Waals surface area contributed by atoms with Crippen molar-refractivity contribution in [3.8, 4) is 11.5 Å². The smallest absolute Gasteiger partial charge is 0.340 e. The van der Waals surface area contributed by atoms with Crippen LogP contribution in [0.2, 0.25) is 0 Å². The average Bonchev–Trinajstić information content (AvgIpc) is 3.18. The van der Waals surface area contributed by atoms with Gasteiger partial charge in [-0.3, -0.25) is 4.79 Å². The molecule has 7 heteroatoms. The van der Waals surface area contributed by atoms with E-state index in [0.29, 0.717) is 40.0 Å². The topological polar surface area (TPSA) is 93.6 Å². The average molecular weight is 434 g/mol. The maximum atomic E-state index is 12.7. The van der Waals surface area contributed by atoms with Crippen LogP contribution in [0.25, 0.3) is 21.9 Å². The summed E-state index contributed by atoms with van der Waals surface area (Å²) in [6.45, 7) is 3.76. The maximum absolute atomic E-state index is 12.7. The molecule has 0 radical (unpaired) electrons. The Bertz CT molecular complexity index is 1350. The number of hydrogen-bond acceptors (Lipinski definition) is 5. The quantitative estimate of drug-likeness (QED) is 0.431. The summed E-state index contributed by atoms with van der Waals surface area (Å²) in [4.78, 5) is 28.6. The van der Waals surface area contributed by atoms with Gasteiger partial charge in [0, 0.05) is 34.6 Å². The zero-order valence-corrected chi connectivity index (χ0v) is 18.6. The fourth-order valence-electron chi connectivity index (χ4n) is 4.09. The highest BCUT2D eigenvalue weighted by atomic mass is 16.5. The normalized spacial score (nSPS) is 12.1. The van der Waals surface area contributed by atoms with Crippen LogP contribution in [-0.4, -0.2) is 31.2 Å². The van der Waals surface area contributed by atoms with Gasteiger partial charge in [-0.15, -0.1) is 0 Å². The molecule has 0 unspecified atom stereocenters. The molecule has 0 saturated heterocycles. The maximum Gasteiger partial charge on any atom is 0.340 e. The first-order valence-electron chi connectivity index (χ1n) is 10.4. The van der Waals surface area contributed by atoms with Crippen LogP contribution >= 0.6 is 0 Å². The summed E-state index contributed by atoms with van der Waals surface area (Å²) in [6.07, 6.45) is 2.59. The van der Waals surface area contributed by atoms with E-state index in [-0.39, 0.29) is 18.4 Å². The Hall–Kier alpha value is -3.74. The molecule has 7 nitrogen and oxygen atoms in total. The summed E-state index contributed by atoms with van der Waals surface area (Å²) in [7, 11) is 3.06. The molecule has 0 aliphatic heterocycles. The molecule has 4 rings (SSSR count). The van der Waals surface area contributed by atoms with Gasteiger partial charge >= 0.3 is 5.63 Å². The number of aromatic nitrogens is 1. The lowest BCUT2D eigenvalue weighted by molar-refractivity contribution is -0.121. The van der Waals surface area contributed by atoms with Crippen LogP contribution in [-0.2, 0) is 17.6 Å². The molecule has 32 heavy (non-hydrogen) atoms. The van der Waals surface area contributed by atoms with Crippen LogP contribution in [0.4, 0.5) is 0 Å². The van der Waals surface area contributed by atoms with Gasteiger partial charge in [-0.05, 0) is 43.5 Å². The van der Waals surface area contributed by atoms with Crippen LogP contribution < -0.4 is 20.4 Å². The van der Waals surface area contributed by atoms with Gasteiger partial charge in [-0.2, -0.15) is 0 Å². The number of rotatable bonds is 7. The third-order valence-corrected chi connectivity index (χ3v) is 5.74. The van der Waals surface area contributed by atoms with Crippen molar-refractivity contribution < 1.29 is 18.7 Å². The summed E-state index contributed by atoms with van der Waals surface area (Å²) >= 11 is 0. The third kappa shape index (κ3) is 4.06. The molecule has 1 amide bonds. The predicted molar refractivity (Wildman–Crippen MR) is 124 cm³/mol. The highest BCUT2D eigenvalue weighted by molar-refractivity contribution is 5.87. The number of ether oxygens (including phenoxy) is 2. The molecule has 2 heterocycles. The molecule has 2 N–H and O–H groups in total. The predicted octanol–water partition coefficient (Wildman–Crippen LogP) is 3.89. The van der Waals surface area contributed by atoms with E-state index in [1.807, 2.05) is 38.2 Å². The monoisotopic (exact) mass is 434 g/mol. The number of methoxy groups -OCH3 is 2. The second-order valence-corrected chi connectivity index (χ2v) is 7.91. The van der Waals surface area contributed by atoms with Crippen molar-refractivity contribution in [1.29, 1.82) is 0 Å². The molecule has 0 spiro atoms. The van der Waals surface area contributed by atoms with Crippen molar-refractivity contribution >= 4 is 27.8 Å². The molecular weight excluding hydrogens is 408 g/mol. The van der Waals surface area contributed by atoms with Crippen molar-refractivity contribution in [2.45, 2.75) is 32.7 Å². The van der Waals surface area contributed by atoms with Crippen molar-refractivity contribution in [3.05, 3.63) is 69.7 Å². The first-order chi connectivity index (χ1) is 15.4. The summed E-state index contributed by atoms with van der Waals surface area (Å²) in [5, 5.41) is 4.84. The lowest BCUT2D eigenvalue weighted by atomic mass is 10.0. The van der Waals surface area contributed by atoms with E-state index in [2.05, 4.69) is 16.4 Å². The third-order valence-electron chi connectivity index (χ3n) is 5.74. The SMILES string of the molecule is COc1cc2oc(=O)c(CC(=O)N[C@@H](C)Cc3c[nH]c4ccccc34)c(C)c2cc1OC. The van der Waals surface area contributed by atoms with E-state index in [9.17, 15) is 9.59 Å². The van der Waals surface area contributed by atoms with Gasteiger partial charge in [0.25, 0.3) is 0 Å². The number of aromatic amines is 1. The number of nitrogens with one attached hydrogen (secondary N) is 2. The van der Waals surface area contributed by atoms with Crippen LogP contribution in [0.1, 0.15) is 23.6 Å². The Morgan fingerprint density at radius 1 is 1.12 bits per heavy atom. The van der Waals surface area contributed by atoms with Crippen LogP contribution in [0, 0.1) is 6.92 Å². The van der Waals surface area contributed by atoms with Crippen molar-refractivity contribution in [3.63, 3.8) is 0 Å². The highest BCUT2D eigenvalue weighted by Crippen LogP contribution is 2.33. The first kappa shape index (κ1) is 21.5. The molecule has 0 bridgehead atoms. The number of H-pyrrole nitrogens is 1. The number of aryl methyl sites for hydroxylation is 1. The lowest BCUT2D eigenvalue weighted by Gasteiger charge is -2.15. The summed E-state index contributed by atoms with van der Waals surface area (Å²) < 4.78 is 16.1. The fourth-order valence-corrected chi connectivity index (χ4v) is 4.09. The Balaban J connectivity index is 1.53. The molecule has 2 aromatic heterocycles. The number of benzene rings is 2. The minimum Gasteiger partial charge on any atom is -0.493 e. The fraction of sp³-hybridized carbons (Fsp3) is 0.280. The van der Waals surface area contributed by atoms with Gasteiger partial charge in [-0.1, -0.05) is 18.2 Å². The lowest BCUT2D eigenvalue weighted by Crippen LogP contribution is -2.36. The van der Waals surface area contributed by atoms with Crippen molar-refractivity contribution in [2.75, 3.05) is 14.2 Å². The molecule has 0 aliphatic rings. The molecule has 166 valence electrons. The molecule has 2 aromatic carbocycles. The Labute approximate surface area is 185 Å². The van der Waals surface area contributed by atoms with Crippen molar-refractivity contribution in [2.24, 2.45) is 0 Å². The van der Waals surface area contributed by atoms with E-state index in [4.69, 9.17) is 13.9 Å². The van der Waals surface area contributed by atoms with E-state index >= 15 is 0 Å². The van der Waals surface area contributed by atoms with Gasteiger partial charge in [0.1, 0.15) is 5.58 Å². The second-order valence-electron chi connectivity index (χ2n) is 7.91. The van der Waals surface area contributed by atoms with Gasteiger partial charge in [0.05, 0.1) is 26.2 Å². The van der Waals surface area contributed by atoms with Crippen molar-refractivity contribution in [1.82, 2.24) is 10.3 Å². The summed E-state index contributed by atoms with van der Waals surface area (Å²) in [6, 6.07) is 11.3. The summed E-state index contributed by atoms with van der Waals surface area (Å²) in [5.74, 6) is 0.770. The minimum absolute atomic E-state index is 0.0589. The number of carbonyl (C=O) groups excluding carboxylic acids is 1. The van der Waals surface area contributed by atoms with Crippen LogP contribution in [0.3, 0.4) is 0 Å². The number of fused-ring (bicyclic) bond motifs is 2. The molecule has 4 aromatic rings. The Kier molecular flexibility index (Phi) is 5.90. The first-order valence-corrected chi connectivity index (χ1v) is 10.4. The number of amides is 1. The second kappa shape index (κ2) is 8.78. The molecule has 0 saturated carbocycles. The Morgan fingerprint density at radius 3 is 2.59 bits per heavy atom. The van der Waals surface area contributed by atoms with Gasteiger partial charge in [-0.25, -0.2) is 4.79 Å². The van der Waals surface area contributed by atoms with Crippen LogP contribution in [0.15, 0.2) is 51.8 Å². The van der Waals surface area contributed by atoms with E-state index in [1.165, 1.54) is 7.11 Å². The number of carbonyl (C=O) groups is 1. The largest absolute Gasteiger partial charge is 0.493 e. The zero-order chi connectivity index (χ0) is 22.8. The number of hydrogen-bond donors (Lipinski definition) is 2. The summed E-state index contributed by atoms with van der Waals surface area (Å²) in [5.41, 5.74) is 3.09. The van der Waals surface area contributed by atoms with E-state index < -0.39 is 5.63 Å². The number of para-hydroxylation sites is 1. The zero-order valence-electron chi connectivity index (χ0n) is 18.6. The van der Waals surface area contributed by atoms with Gasteiger partial charge in [0.15, 0.2) is 11.5 Å².